The van der Waals surface area contributed by atoms with Gasteiger partial charge >= 0.3 is 0 Å². The number of likely N-dealkylation sites (N-methyl/N-ethyl adjacent to an activating group) is 1. The summed E-state index contributed by atoms with van der Waals surface area (Å²) < 4.78 is 1.02. The number of rotatable bonds is 3. The Balaban J connectivity index is 2.90. The zero-order valence-electron chi connectivity index (χ0n) is 8.84. The lowest BCUT2D eigenvalue weighted by molar-refractivity contribution is 0.943. The van der Waals surface area contributed by atoms with Crippen LogP contribution in [0.15, 0.2) is 28.9 Å². The van der Waals surface area contributed by atoms with E-state index in [-0.39, 0.29) is 0 Å². The predicted molar refractivity (Wildman–Crippen MR) is 64.8 cm³/mol. The van der Waals surface area contributed by atoms with Gasteiger partial charge in [0.1, 0.15) is 5.82 Å². The summed E-state index contributed by atoms with van der Waals surface area (Å²) >= 11 is 3.40. The Labute approximate surface area is 93.8 Å². The first-order valence-electron chi connectivity index (χ1n) is 4.48. The van der Waals surface area contributed by atoms with E-state index in [4.69, 9.17) is 0 Å². The SMILES string of the molecule is C=C(C)CN(C)c1ncc(Br)cc1C. The van der Waals surface area contributed by atoms with Crippen LogP contribution in [0.3, 0.4) is 0 Å². The second-order valence-corrected chi connectivity index (χ2v) is 4.52. The smallest absolute Gasteiger partial charge is 0.131 e. The van der Waals surface area contributed by atoms with Crippen LogP contribution in [0.5, 0.6) is 0 Å². The maximum Gasteiger partial charge on any atom is 0.131 e. The molecule has 1 aromatic rings. The molecular formula is C11H15BrN2. The van der Waals surface area contributed by atoms with E-state index in [1.54, 1.807) is 0 Å². The Morgan fingerprint density at radius 3 is 2.79 bits per heavy atom. The van der Waals surface area contributed by atoms with Crippen LogP contribution < -0.4 is 4.90 Å². The first kappa shape index (κ1) is 11.2. The maximum atomic E-state index is 4.37. The Morgan fingerprint density at radius 2 is 2.29 bits per heavy atom. The van der Waals surface area contributed by atoms with E-state index < -0.39 is 0 Å². The van der Waals surface area contributed by atoms with E-state index in [2.05, 4.69) is 45.4 Å². The molecule has 0 N–H and O–H groups in total. The first-order valence-corrected chi connectivity index (χ1v) is 5.27. The van der Waals surface area contributed by atoms with Crippen molar-refractivity contribution >= 4 is 21.7 Å². The molecule has 3 heteroatoms. The van der Waals surface area contributed by atoms with Gasteiger partial charge in [-0.25, -0.2) is 4.98 Å². The molecule has 1 heterocycles. The monoisotopic (exact) mass is 254 g/mol. The lowest BCUT2D eigenvalue weighted by Crippen LogP contribution is -2.21. The summed E-state index contributed by atoms with van der Waals surface area (Å²) in [6, 6.07) is 2.07. The van der Waals surface area contributed by atoms with Crippen molar-refractivity contribution in [3.05, 3.63) is 34.5 Å². The molecule has 14 heavy (non-hydrogen) atoms. The number of aryl methyl sites for hydroxylation is 1. The third kappa shape index (κ3) is 2.84. The van der Waals surface area contributed by atoms with Crippen molar-refractivity contribution in [2.45, 2.75) is 13.8 Å². The molecule has 0 atom stereocenters. The van der Waals surface area contributed by atoms with E-state index in [1.165, 1.54) is 5.56 Å². The molecule has 0 fully saturated rings. The Kier molecular flexibility index (Phi) is 3.69. The van der Waals surface area contributed by atoms with Crippen molar-refractivity contribution in [3.63, 3.8) is 0 Å². The van der Waals surface area contributed by atoms with Crippen LogP contribution in [0.2, 0.25) is 0 Å². The standard InChI is InChI=1S/C11H15BrN2/c1-8(2)7-14(4)11-9(3)5-10(12)6-13-11/h5-6H,1,7H2,2-4H3. The topological polar surface area (TPSA) is 16.1 Å². The van der Waals surface area contributed by atoms with E-state index in [9.17, 15) is 0 Å². The molecule has 0 bridgehead atoms. The second-order valence-electron chi connectivity index (χ2n) is 3.61. The van der Waals surface area contributed by atoms with Crippen LogP contribution in [-0.2, 0) is 0 Å². The van der Waals surface area contributed by atoms with E-state index in [0.717, 1.165) is 22.4 Å². The number of anilines is 1. The van der Waals surface area contributed by atoms with Crippen LogP contribution >= 0.6 is 15.9 Å². The number of halogens is 1. The van der Waals surface area contributed by atoms with Gasteiger partial charge in [0.25, 0.3) is 0 Å². The highest BCUT2D eigenvalue weighted by atomic mass is 79.9. The van der Waals surface area contributed by atoms with Crippen LogP contribution in [0.1, 0.15) is 12.5 Å². The van der Waals surface area contributed by atoms with Gasteiger partial charge in [-0.3, -0.25) is 0 Å². The van der Waals surface area contributed by atoms with Crippen molar-refractivity contribution in [2.75, 3.05) is 18.5 Å². The fourth-order valence-corrected chi connectivity index (χ4v) is 1.86. The summed E-state index contributed by atoms with van der Waals surface area (Å²) in [7, 11) is 2.03. The Hall–Kier alpha value is -0.830. The molecule has 0 saturated heterocycles. The lowest BCUT2D eigenvalue weighted by atomic mass is 10.2. The summed E-state index contributed by atoms with van der Waals surface area (Å²) in [5.41, 5.74) is 2.31. The summed E-state index contributed by atoms with van der Waals surface area (Å²) in [6.07, 6.45) is 1.82. The quantitative estimate of drug-likeness (QED) is 0.771. The molecule has 0 aliphatic rings. The molecule has 0 spiro atoms. The molecule has 0 aliphatic carbocycles. The van der Waals surface area contributed by atoms with Crippen LogP contribution in [0.4, 0.5) is 5.82 Å². The molecule has 0 unspecified atom stereocenters. The van der Waals surface area contributed by atoms with Gasteiger partial charge in [0.2, 0.25) is 0 Å². The first-order chi connectivity index (χ1) is 6.50. The number of nitrogens with zero attached hydrogens (tertiary/aromatic N) is 2. The van der Waals surface area contributed by atoms with Gasteiger partial charge in [-0.2, -0.15) is 0 Å². The van der Waals surface area contributed by atoms with Gasteiger partial charge in [0.05, 0.1) is 0 Å². The Morgan fingerprint density at radius 1 is 1.64 bits per heavy atom. The van der Waals surface area contributed by atoms with Crippen molar-refractivity contribution in [2.24, 2.45) is 0 Å². The van der Waals surface area contributed by atoms with E-state index in [0.29, 0.717) is 0 Å². The van der Waals surface area contributed by atoms with Crippen molar-refractivity contribution < 1.29 is 0 Å². The molecule has 0 aliphatic heterocycles. The number of aromatic nitrogens is 1. The highest BCUT2D eigenvalue weighted by Crippen LogP contribution is 2.19. The van der Waals surface area contributed by atoms with Crippen molar-refractivity contribution in [1.82, 2.24) is 4.98 Å². The van der Waals surface area contributed by atoms with Gasteiger partial charge in [-0.05, 0) is 41.4 Å². The zero-order chi connectivity index (χ0) is 10.7. The zero-order valence-corrected chi connectivity index (χ0v) is 10.4. The second kappa shape index (κ2) is 4.60. The van der Waals surface area contributed by atoms with Crippen LogP contribution in [0, 0.1) is 6.92 Å². The fourth-order valence-electron chi connectivity index (χ4n) is 1.41. The van der Waals surface area contributed by atoms with Crippen LogP contribution in [-0.4, -0.2) is 18.6 Å². The average Bonchev–Trinajstić information content (AvgIpc) is 2.01. The fraction of sp³-hybridized carbons (Fsp3) is 0.364. The number of pyridine rings is 1. The summed E-state index contributed by atoms with van der Waals surface area (Å²) in [5.74, 6) is 1.01. The maximum absolute atomic E-state index is 4.37. The minimum Gasteiger partial charge on any atom is -0.355 e. The highest BCUT2D eigenvalue weighted by Gasteiger charge is 2.05. The Bertz CT molecular complexity index is 347. The predicted octanol–water partition coefficient (Wildman–Crippen LogP) is 3.16. The van der Waals surface area contributed by atoms with Gasteiger partial charge in [0, 0.05) is 24.3 Å². The molecule has 0 radical (unpaired) electrons. The molecule has 1 rings (SSSR count). The summed E-state index contributed by atoms with van der Waals surface area (Å²) in [6.45, 7) is 8.81. The number of hydrogen-bond donors (Lipinski definition) is 0. The molecule has 1 aromatic heterocycles. The minimum absolute atomic E-state index is 0.843. The van der Waals surface area contributed by atoms with Crippen molar-refractivity contribution in [3.8, 4) is 0 Å². The largest absolute Gasteiger partial charge is 0.355 e. The molecule has 0 amide bonds. The number of hydrogen-bond acceptors (Lipinski definition) is 2. The van der Waals surface area contributed by atoms with E-state index >= 15 is 0 Å². The molecule has 0 saturated carbocycles. The molecule has 0 aromatic carbocycles. The third-order valence-corrected chi connectivity index (χ3v) is 2.32. The average molecular weight is 255 g/mol. The van der Waals surface area contributed by atoms with Gasteiger partial charge in [-0.15, -0.1) is 0 Å². The molecule has 76 valence electrons. The highest BCUT2D eigenvalue weighted by molar-refractivity contribution is 9.10. The van der Waals surface area contributed by atoms with Gasteiger partial charge in [-0.1, -0.05) is 12.2 Å². The molecular weight excluding hydrogens is 240 g/mol. The normalized spacial score (nSPS) is 10.0. The van der Waals surface area contributed by atoms with E-state index in [1.807, 2.05) is 20.2 Å². The minimum atomic E-state index is 0.843. The summed E-state index contributed by atoms with van der Waals surface area (Å²) in [5, 5.41) is 0. The van der Waals surface area contributed by atoms with Gasteiger partial charge < -0.3 is 4.90 Å². The van der Waals surface area contributed by atoms with Crippen LogP contribution in [0.25, 0.3) is 0 Å². The van der Waals surface area contributed by atoms with Crippen molar-refractivity contribution in [1.29, 1.82) is 0 Å². The lowest BCUT2D eigenvalue weighted by Gasteiger charge is -2.20. The third-order valence-electron chi connectivity index (χ3n) is 1.89. The summed E-state index contributed by atoms with van der Waals surface area (Å²) in [4.78, 5) is 6.47. The molecule has 2 nitrogen and oxygen atoms in total. The van der Waals surface area contributed by atoms with Gasteiger partial charge in [0.15, 0.2) is 0 Å².